The molecule has 1 amide bonds. The molecule has 0 bridgehead atoms. The lowest BCUT2D eigenvalue weighted by Crippen LogP contribution is -2.35. The fraction of sp³-hybridized carbons (Fsp3) is 0.588. The van der Waals surface area contributed by atoms with Gasteiger partial charge in [0.25, 0.3) is 0 Å². The van der Waals surface area contributed by atoms with Crippen LogP contribution in [-0.4, -0.2) is 26.7 Å². The van der Waals surface area contributed by atoms with Gasteiger partial charge < -0.3 is 5.32 Å². The Balaban J connectivity index is 1.59. The van der Waals surface area contributed by atoms with Gasteiger partial charge >= 0.3 is 0 Å². The molecule has 0 atom stereocenters. The summed E-state index contributed by atoms with van der Waals surface area (Å²) in [5, 5.41) is 8.84. The van der Waals surface area contributed by atoms with Crippen LogP contribution in [0.15, 0.2) is 12.3 Å². The summed E-state index contributed by atoms with van der Waals surface area (Å²) in [7, 11) is 0. The summed E-state index contributed by atoms with van der Waals surface area (Å²) in [5.74, 6) is 0.712. The third-order valence-corrected chi connectivity index (χ3v) is 4.87. The molecule has 5 heteroatoms. The lowest BCUT2D eigenvalue weighted by atomic mass is 10.1. The second-order valence-corrected chi connectivity index (χ2v) is 6.67. The van der Waals surface area contributed by atoms with E-state index in [1.807, 2.05) is 13.1 Å². The molecule has 0 saturated heterocycles. The van der Waals surface area contributed by atoms with Crippen molar-refractivity contribution >= 4 is 16.9 Å². The van der Waals surface area contributed by atoms with Crippen LogP contribution in [0.5, 0.6) is 0 Å². The van der Waals surface area contributed by atoms with Gasteiger partial charge in [-0.15, -0.1) is 0 Å². The number of amides is 1. The van der Waals surface area contributed by atoms with Crippen molar-refractivity contribution in [2.75, 3.05) is 0 Å². The molecule has 2 aliphatic carbocycles. The monoisotopic (exact) mass is 298 g/mol. The number of fused-ring (bicyclic) bond motifs is 1. The third kappa shape index (κ3) is 2.49. The number of rotatable bonds is 4. The van der Waals surface area contributed by atoms with Crippen LogP contribution in [0.25, 0.3) is 11.0 Å². The maximum Gasteiger partial charge on any atom is 0.242 e. The van der Waals surface area contributed by atoms with Gasteiger partial charge in [0.05, 0.1) is 5.69 Å². The minimum Gasteiger partial charge on any atom is -0.352 e. The van der Waals surface area contributed by atoms with E-state index in [1.54, 1.807) is 4.68 Å². The first-order valence-corrected chi connectivity index (χ1v) is 8.34. The average molecular weight is 298 g/mol. The minimum absolute atomic E-state index is 0.0509. The number of carbonyl (C=O) groups excluding carboxylic acids is 1. The van der Waals surface area contributed by atoms with Crippen LogP contribution in [0.4, 0.5) is 0 Å². The van der Waals surface area contributed by atoms with Crippen molar-refractivity contribution in [1.82, 2.24) is 20.1 Å². The summed E-state index contributed by atoms with van der Waals surface area (Å²) >= 11 is 0. The summed E-state index contributed by atoms with van der Waals surface area (Å²) in [6.07, 6.45) is 9.02. The maximum atomic E-state index is 12.3. The van der Waals surface area contributed by atoms with Crippen LogP contribution in [0.2, 0.25) is 0 Å². The fourth-order valence-electron chi connectivity index (χ4n) is 3.63. The highest BCUT2D eigenvalue weighted by molar-refractivity contribution is 5.85. The number of hydrogen-bond acceptors (Lipinski definition) is 3. The predicted molar refractivity (Wildman–Crippen MR) is 84.6 cm³/mol. The van der Waals surface area contributed by atoms with Gasteiger partial charge in [-0.25, -0.2) is 9.67 Å². The lowest BCUT2D eigenvalue weighted by molar-refractivity contribution is -0.122. The first-order chi connectivity index (χ1) is 10.7. The fourth-order valence-corrected chi connectivity index (χ4v) is 3.63. The normalized spacial score (nSPS) is 19.0. The Hall–Kier alpha value is -1.91. The molecule has 0 aliphatic heterocycles. The zero-order valence-corrected chi connectivity index (χ0v) is 13.0. The predicted octanol–water partition coefficient (Wildman–Crippen LogP) is 2.68. The quantitative estimate of drug-likeness (QED) is 0.944. The molecule has 5 nitrogen and oxygen atoms in total. The maximum absolute atomic E-state index is 12.3. The van der Waals surface area contributed by atoms with Crippen LogP contribution in [0.1, 0.15) is 55.7 Å². The van der Waals surface area contributed by atoms with Gasteiger partial charge in [0, 0.05) is 17.6 Å². The highest BCUT2D eigenvalue weighted by atomic mass is 16.2. The summed E-state index contributed by atoms with van der Waals surface area (Å²) < 4.78 is 1.76. The van der Waals surface area contributed by atoms with E-state index in [0.717, 1.165) is 29.6 Å². The topological polar surface area (TPSA) is 59.8 Å². The number of nitrogens with one attached hydrogen (secondary N) is 1. The second kappa shape index (κ2) is 5.38. The average Bonchev–Trinajstić information content (AvgIpc) is 3.15. The Bertz CT molecular complexity index is 711. The van der Waals surface area contributed by atoms with Crippen molar-refractivity contribution < 1.29 is 4.79 Å². The molecular weight excluding hydrogens is 276 g/mol. The van der Waals surface area contributed by atoms with Crippen LogP contribution < -0.4 is 5.32 Å². The van der Waals surface area contributed by atoms with E-state index >= 15 is 0 Å². The molecule has 2 fully saturated rings. The number of aryl methyl sites for hydroxylation is 1. The molecular formula is C17H22N4O. The van der Waals surface area contributed by atoms with E-state index < -0.39 is 0 Å². The standard InChI is InChI=1S/C17H22N4O/c1-11-16-14(12-6-7-12)8-9-18-17(16)21(20-11)10-15(22)19-13-4-2-3-5-13/h8-9,12-13H,2-7,10H2,1H3,(H,19,22). The SMILES string of the molecule is Cc1nn(CC(=O)NC2CCCC2)c2nccc(C3CC3)c12. The zero-order chi connectivity index (χ0) is 15.1. The molecule has 2 saturated carbocycles. The van der Waals surface area contributed by atoms with Gasteiger partial charge in [0.1, 0.15) is 6.54 Å². The summed E-state index contributed by atoms with van der Waals surface area (Å²) in [4.78, 5) is 16.7. The Kier molecular flexibility index (Phi) is 3.36. The van der Waals surface area contributed by atoms with Crippen molar-refractivity contribution in [3.8, 4) is 0 Å². The van der Waals surface area contributed by atoms with Gasteiger partial charge in [-0.3, -0.25) is 4.79 Å². The van der Waals surface area contributed by atoms with Crippen molar-refractivity contribution in [3.63, 3.8) is 0 Å². The Morgan fingerprint density at radius 3 is 2.82 bits per heavy atom. The van der Waals surface area contributed by atoms with Crippen LogP contribution >= 0.6 is 0 Å². The molecule has 2 heterocycles. The highest BCUT2D eigenvalue weighted by Crippen LogP contribution is 2.43. The van der Waals surface area contributed by atoms with Crippen LogP contribution in [0, 0.1) is 6.92 Å². The zero-order valence-electron chi connectivity index (χ0n) is 13.0. The molecule has 2 aromatic rings. The van der Waals surface area contributed by atoms with Crippen molar-refractivity contribution in [2.45, 2.75) is 64.0 Å². The van der Waals surface area contributed by atoms with Gasteiger partial charge in [0.15, 0.2) is 5.65 Å². The molecule has 0 aromatic carbocycles. The molecule has 0 spiro atoms. The van der Waals surface area contributed by atoms with E-state index in [1.165, 1.54) is 31.2 Å². The molecule has 22 heavy (non-hydrogen) atoms. The Labute approximate surface area is 130 Å². The minimum atomic E-state index is 0.0509. The molecule has 4 rings (SSSR count). The van der Waals surface area contributed by atoms with Gasteiger partial charge in [-0.05, 0) is 50.2 Å². The molecule has 1 N–H and O–H groups in total. The number of hydrogen-bond donors (Lipinski definition) is 1. The lowest BCUT2D eigenvalue weighted by Gasteiger charge is -2.12. The van der Waals surface area contributed by atoms with Crippen LogP contribution in [0.3, 0.4) is 0 Å². The van der Waals surface area contributed by atoms with E-state index in [9.17, 15) is 4.79 Å². The molecule has 0 radical (unpaired) electrons. The molecule has 116 valence electrons. The van der Waals surface area contributed by atoms with Gasteiger partial charge in [0.2, 0.25) is 5.91 Å². The largest absolute Gasteiger partial charge is 0.352 e. The number of nitrogens with zero attached hydrogens (tertiary/aromatic N) is 3. The summed E-state index contributed by atoms with van der Waals surface area (Å²) in [6, 6.07) is 2.46. The molecule has 0 unspecified atom stereocenters. The van der Waals surface area contributed by atoms with Crippen molar-refractivity contribution in [2.24, 2.45) is 0 Å². The number of carbonyl (C=O) groups is 1. The van der Waals surface area contributed by atoms with E-state index in [4.69, 9.17) is 0 Å². The van der Waals surface area contributed by atoms with Crippen LogP contribution in [-0.2, 0) is 11.3 Å². The van der Waals surface area contributed by atoms with E-state index in [2.05, 4.69) is 21.5 Å². The summed E-state index contributed by atoms with van der Waals surface area (Å²) in [6.45, 7) is 2.28. The molecule has 2 aliphatic rings. The van der Waals surface area contributed by atoms with Crippen molar-refractivity contribution in [3.05, 3.63) is 23.5 Å². The number of aromatic nitrogens is 3. The number of pyridine rings is 1. The van der Waals surface area contributed by atoms with Gasteiger partial charge in [-0.2, -0.15) is 5.10 Å². The van der Waals surface area contributed by atoms with E-state index in [0.29, 0.717) is 12.0 Å². The van der Waals surface area contributed by atoms with E-state index in [-0.39, 0.29) is 12.5 Å². The Morgan fingerprint density at radius 2 is 2.09 bits per heavy atom. The van der Waals surface area contributed by atoms with Crippen molar-refractivity contribution in [1.29, 1.82) is 0 Å². The Morgan fingerprint density at radius 1 is 1.32 bits per heavy atom. The van der Waals surface area contributed by atoms with Gasteiger partial charge in [-0.1, -0.05) is 12.8 Å². The third-order valence-electron chi connectivity index (χ3n) is 4.87. The highest BCUT2D eigenvalue weighted by Gasteiger charge is 2.28. The summed E-state index contributed by atoms with van der Waals surface area (Å²) in [5.41, 5.74) is 3.19. The molecule has 2 aromatic heterocycles. The first kappa shape index (κ1) is 13.7. The first-order valence-electron chi connectivity index (χ1n) is 8.34. The smallest absolute Gasteiger partial charge is 0.242 e. The second-order valence-electron chi connectivity index (χ2n) is 6.67.